The zero-order chi connectivity index (χ0) is 23.0. The van der Waals surface area contributed by atoms with E-state index in [1.54, 1.807) is 6.07 Å². The zero-order valence-electron chi connectivity index (χ0n) is 16.4. The number of pyridine rings is 2. The minimum Gasteiger partial charge on any atom is -0.382 e. The Bertz CT molecular complexity index is 1030. The number of urea groups is 1. The second-order valence-electron chi connectivity index (χ2n) is 7.36. The lowest BCUT2D eigenvalue weighted by Crippen LogP contribution is -2.48. The summed E-state index contributed by atoms with van der Waals surface area (Å²) in [6, 6.07) is 4.50. The van der Waals surface area contributed by atoms with E-state index < -0.39 is 36.6 Å². The highest BCUT2D eigenvalue weighted by Gasteiger charge is 2.41. The Morgan fingerprint density at radius 2 is 2.03 bits per heavy atom. The van der Waals surface area contributed by atoms with Gasteiger partial charge in [0.15, 0.2) is 11.9 Å². The molecular weight excluding hydrogens is 436 g/mol. The van der Waals surface area contributed by atoms with Gasteiger partial charge in [0, 0.05) is 13.1 Å². The van der Waals surface area contributed by atoms with Crippen LogP contribution in [0.15, 0.2) is 30.5 Å². The van der Waals surface area contributed by atoms with Crippen LogP contribution in [0.4, 0.5) is 39.7 Å². The smallest absolute Gasteiger partial charge is 0.382 e. The summed E-state index contributed by atoms with van der Waals surface area (Å²) in [6.45, 7) is 0.166. The largest absolute Gasteiger partial charge is 0.416 e. The summed E-state index contributed by atoms with van der Waals surface area (Å²) in [5.41, 5.74) is 0.381. The molecule has 1 fully saturated rings. The molecular formula is C19H18F4N6O3. The number of nitrogens with zero attached hydrogens (tertiary/aromatic N) is 4. The molecule has 170 valence electrons. The maximum absolute atomic E-state index is 13.1. The number of aliphatic hydroxyl groups is 1. The average Bonchev–Trinajstić information content (AvgIpc) is 3.16. The van der Waals surface area contributed by atoms with Crippen LogP contribution >= 0.6 is 0 Å². The molecule has 3 N–H and O–H groups in total. The Balaban J connectivity index is 1.56. The fourth-order valence-electron chi connectivity index (χ4n) is 3.61. The molecule has 2 aromatic heterocycles. The zero-order valence-corrected chi connectivity index (χ0v) is 16.4. The molecule has 0 spiro atoms. The SMILES string of the molecule is O=C(NC[C@H](O)C(F)(F)F)c1ccc2c(n1)N(C(=O)Nc1ccc(F)cn1)C1CCN2C1. The van der Waals surface area contributed by atoms with Gasteiger partial charge in [-0.2, -0.15) is 13.2 Å². The van der Waals surface area contributed by atoms with Gasteiger partial charge in [0.2, 0.25) is 0 Å². The first kappa shape index (κ1) is 21.7. The highest BCUT2D eigenvalue weighted by atomic mass is 19.4. The molecule has 4 heterocycles. The summed E-state index contributed by atoms with van der Waals surface area (Å²) in [5, 5.41) is 13.6. The Hall–Kier alpha value is -3.48. The summed E-state index contributed by atoms with van der Waals surface area (Å²) in [7, 11) is 0. The minimum absolute atomic E-state index is 0.119. The van der Waals surface area contributed by atoms with E-state index in [2.05, 4.69) is 15.3 Å². The third-order valence-electron chi connectivity index (χ3n) is 5.20. The predicted molar refractivity (Wildman–Crippen MR) is 105 cm³/mol. The van der Waals surface area contributed by atoms with E-state index in [0.29, 0.717) is 25.2 Å². The third-order valence-corrected chi connectivity index (χ3v) is 5.20. The highest BCUT2D eigenvalue weighted by molar-refractivity contribution is 6.05. The van der Waals surface area contributed by atoms with Crippen LogP contribution in [0.25, 0.3) is 0 Å². The van der Waals surface area contributed by atoms with Gasteiger partial charge < -0.3 is 15.3 Å². The Labute approximate surface area is 179 Å². The van der Waals surface area contributed by atoms with E-state index >= 15 is 0 Å². The number of carbonyl (C=O) groups is 2. The van der Waals surface area contributed by atoms with E-state index in [4.69, 9.17) is 5.11 Å². The van der Waals surface area contributed by atoms with Crippen LogP contribution in [0.5, 0.6) is 0 Å². The number of halogens is 4. The number of hydrogen-bond acceptors (Lipinski definition) is 6. The molecule has 4 rings (SSSR count). The van der Waals surface area contributed by atoms with Gasteiger partial charge in [-0.25, -0.2) is 19.2 Å². The Morgan fingerprint density at radius 1 is 1.25 bits per heavy atom. The minimum atomic E-state index is -4.87. The Kier molecular flexibility index (Phi) is 5.59. The first-order chi connectivity index (χ1) is 15.1. The molecule has 2 aliphatic heterocycles. The van der Waals surface area contributed by atoms with Crippen molar-refractivity contribution < 1.29 is 32.3 Å². The topological polar surface area (TPSA) is 111 Å². The quantitative estimate of drug-likeness (QED) is 0.609. The molecule has 1 unspecified atom stereocenters. The molecule has 2 aliphatic rings. The van der Waals surface area contributed by atoms with Crippen LogP contribution in [0.3, 0.4) is 0 Å². The van der Waals surface area contributed by atoms with Gasteiger partial charge in [-0.3, -0.25) is 15.0 Å². The van der Waals surface area contributed by atoms with Gasteiger partial charge in [-0.05, 0) is 30.7 Å². The maximum atomic E-state index is 13.1. The van der Waals surface area contributed by atoms with Gasteiger partial charge in [0.05, 0.1) is 24.5 Å². The molecule has 2 atom stereocenters. The van der Waals surface area contributed by atoms with Crippen molar-refractivity contribution in [2.75, 3.05) is 34.8 Å². The van der Waals surface area contributed by atoms with E-state index in [-0.39, 0.29) is 23.4 Å². The van der Waals surface area contributed by atoms with Gasteiger partial charge in [0.25, 0.3) is 5.91 Å². The molecule has 0 radical (unpaired) electrons. The van der Waals surface area contributed by atoms with Crippen LogP contribution < -0.4 is 20.4 Å². The van der Waals surface area contributed by atoms with Gasteiger partial charge in [-0.1, -0.05) is 0 Å². The summed E-state index contributed by atoms with van der Waals surface area (Å²) in [6.07, 6.45) is -5.99. The molecule has 0 aliphatic carbocycles. The van der Waals surface area contributed by atoms with Gasteiger partial charge >= 0.3 is 12.2 Å². The van der Waals surface area contributed by atoms with E-state index in [1.165, 1.54) is 17.0 Å². The van der Waals surface area contributed by atoms with Crippen molar-refractivity contribution in [3.8, 4) is 0 Å². The monoisotopic (exact) mass is 454 g/mol. The number of amides is 3. The molecule has 1 saturated heterocycles. The van der Waals surface area contributed by atoms with Crippen molar-refractivity contribution in [1.29, 1.82) is 0 Å². The number of alkyl halides is 3. The van der Waals surface area contributed by atoms with E-state index in [9.17, 15) is 27.2 Å². The molecule has 13 heteroatoms. The van der Waals surface area contributed by atoms with Crippen LogP contribution in [0.1, 0.15) is 16.9 Å². The van der Waals surface area contributed by atoms with Crippen LogP contribution in [-0.4, -0.2) is 65.0 Å². The lowest BCUT2D eigenvalue weighted by atomic mass is 10.1. The highest BCUT2D eigenvalue weighted by Crippen LogP contribution is 2.39. The van der Waals surface area contributed by atoms with Gasteiger partial charge in [-0.15, -0.1) is 0 Å². The average molecular weight is 454 g/mol. The Morgan fingerprint density at radius 3 is 2.72 bits per heavy atom. The van der Waals surface area contributed by atoms with Crippen LogP contribution in [0.2, 0.25) is 0 Å². The van der Waals surface area contributed by atoms with Crippen molar-refractivity contribution in [3.63, 3.8) is 0 Å². The standard InChI is InChI=1S/C19H18F4N6O3/c20-10-1-4-15(24-7-10)27-18(32)29-11-5-6-28(9-11)13-3-2-12(26-16(13)29)17(31)25-8-14(30)19(21,22)23/h1-4,7,11,14,30H,5-6,8-9H2,(H,25,31)(H,24,27,32)/t11?,14-/m0/s1. The van der Waals surface area contributed by atoms with E-state index in [0.717, 1.165) is 12.3 Å². The first-order valence-corrected chi connectivity index (χ1v) is 9.64. The van der Waals surface area contributed by atoms with Crippen LogP contribution in [-0.2, 0) is 0 Å². The number of nitrogens with one attached hydrogen (secondary N) is 2. The molecule has 2 bridgehead atoms. The number of hydrogen-bond donors (Lipinski definition) is 3. The maximum Gasteiger partial charge on any atom is 0.416 e. The normalized spacial score (nSPS) is 18.2. The second kappa shape index (κ2) is 8.22. The summed E-state index contributed by atoms with van der Waals surface area (Å²) in [5.74, 6) is -1.20. The predicted octanol–water partition coefficient (Wildman–Crippen LogP) is 1.90. The number of aromatic nitrogens is 2. The van der Waals surface area contributed by atoms with Crippen molar-refractivity contribution in [3.05, 3.63) is 42.0 Å². The number of anilines is 3. The van der Waals surface area contributed by atoms with Crippen LogP contribution in [0, 0.1) is 5.82 Å². The fraction of sp³-hybridized carbons (Fsp3) is 0.368. The molecule has 3 amide bonds. The second-order valence-corrected chi connectivity index (χ2v) is 7.36. The van der Waals surface area contributed by atoms with Crippen molar-refractivity contribution in [2.24, 2.45) is 0 Å². The van der Waals surface area contributed by atoms with Gasteiger partial charge in [0.1, 0.15) is 17.3 Å². The molecule has 0 aromatic carbocycles. The lowest BCUT2D eigenvalue weighted by molar-refractivity contribution is -0.201. The number of fused-ring (bicyclic) bond motifs is 4. The molecule has 2 aromatic rings. The lowest BCUT2D eigenvalue weighted by Gasteiger charge is -2.35. The third kappa shape index (κ3) is 4.28. The molecule has 9 nitrogen and oxygen atoms in total. The van der Waals surface area contributed by atoms with Crippen molar-refractivity contribution in [1.82, 2.24) is 15.3 Å². The summed E-state index contributed by atoms with van der Waals surface area (Å²) in [4.78, 5) is 36.7. The molecule has 32 heavy (non-hydrogen) atoms. The molecule has 0 saturated carbocycles. The van der Waals surface area contributed by atoms with Crippen molar-refractivity contribution >= 4 is 29.3 Å². The first-order valence-electron chi connectivity index (χ1n) is 9.64. The fourth-order valence-corrected chi connectivity index (χ4v) is 3.61. The summed E-state index contributed by atoms with van der Waals surface area (Å²) < 4.78 is 50.5. The number of carbonyl (C=O) groups excluding carboxylic acids is 2. The van der Waals surface area contributed by atoms with E-state index in [1.807, 2.05) is 10.2 Å². The number of aliphatic hydroxyl groups excluding tert-OH is 1. The number of rotatable bonds is 4. The van der Waals surface area contributed by atoms with Crippen molar-refractivity contribution in [2.45, 2.75) is 24.7 Å². The summed E-state index contributed by atoms with van der Waals surface area (Å²) >= 11 is 0.